The van der Waals surface area contributed by atoms with E-state index in [1.54, 1.807) is 31.3 Å². The topological polar surface area (TPSA) is 128 Å². The van der Waals surface area contributed by atoms with E-state index in [-0.39, 0.29) is 25.2 Å². The number of thiazole rings is 1. The van der Waals surface area contributed by atoms with E-state index in [0.29, 0.717) is 64.0 Å². The first-order chi connectivity index (χ1) is 19.2. The van der Waals surface area contributed by atoms with Crippen LogP contribution in [0.3, 0.4) is 0 Å². The number of aliphatic imine (C=N–C) groups is 1. The van der Waals surface area contributed by atoms with Gasteiger partial charge >= 0.3 is 11.9 Å². The highest BCUT2D eigenvalue weighted by Crippen LogP contribution is 2.37. The Bertz CT molecular complexity index is 1270. The molecular weight excluding hydrogens is 577 g/mol. The Hall–Kier alpha value is -2.54. The summed E-state index contributed by atoms with van der Waals surface area (Å²) < 4.78 is 16.7. The fourth-order valence-corrected chi connectivity index (χ4v) is 5.47. The van der Waals surface area contributed by atoms with Crippen molar-refractivity contribution in [2.45, 2.75) is 38.9 Å². The SMILES string of the molecule is CCOC(=O)C1=C(CN2CCOCC2COC(=O)[C@@H](N)C(C)C)NC(c2nccs2)=NC1c1ccc(Cl)cc1Cl. The molecule has 2 aromatic rings. The summed E-state index contributed by atoms with van der Waals surface area (Å²) in [7, 11) is 0. The monoisotopic (exact) mass is 609 g/mol. The van der Waals surface area contributed by atoms with Gasteiger partial charge in [-0.2, -0.15) is 0 Å². The average Bonchev–Trinajstić information content (AvgIpc) is 3.47. The molecule has 2 unspecified atom stereocenters. The van der Waals surface area contributed by atoms with Gasteiger partial charge in [-0.15, -0.1) is 11.3 Å². The molecule has 0 aliphatic carbocycles. The van der Waals surface area contributed by atoms with Crippen molar-refractivity contribution >= 4 is 52.3 Å². The van der Waals surface area contributed by atoms with E-state index in [1.807, 2.05) is 19.2 Å². The van der Waals surface area contributed by atoms with Crippen LogP contribution < -0.4 is 11.1 Å². The quantitative estimate of drug-likeness (QED) is 0.388. The minimum Gasteiger partial charge on any atom is -0.463 e. The van der Waals surface area contributed by atoms with Gasteiger partial charge in [-0.3, -0.25) is 14.7 Å². The molecule has 3 heterocycles. The number of ether oxygens (including phenoxy) is 3. The van der Waals surface area contributed by atoms with Gasteiger partial charge in [0.25, 0.3) is 0 Å². The number of esters is 2. The molecule has 13 heteroatoms. The molecule has 0 spiro atoms. The summed E-state index contributed by atoms with van der Waals surface area (Å²) in [6.45, 7) is 7.46. The molecule has 0 radical (unpaired) electrons. The summed E-state index contributed by atoms with van der Waals surface area (Å²) in [4.78, 5) is 37.3. The maximum absolute atomic E-state index is 13.4. The maximum Gasteiger partial charge on any atom is 0.338 e. The number of morpholine rings is 1. The van der Waals surface area contributed by atoms with Crippen molar-refractivity contribution in [2.75, 3.05) is 39.5 Å². The molecule has 1 aromatic heterocycles. The van der Waals surface area contributed by atoms with Crippen LogP contribution in [0.1, 0.15) is 37.4 Å². The average molecular weight is 611 g/mol. The Kier molecular flexibility index (Phi) is 10.6. The Balaban J connectivity index is 1.70. The van der Waals surface area contributed by atoms with E-state index in [1.165, 1.54) is 11.3 Å². The Morgan fingerprint density at radius 1 is 1.30 bits per heavy atom. The second kappa shape index (κ2) is 13.9. The predicted molar refractivity (Wildman–Crippen MR) is 155 cm³/mol. The summed E-state index contributed by atoms with van der Waals surface area (Å²) in [5, 5.41) is 6.69. The van der Waals surface area contributed by atoms with E-state index in [4.69, 9.17) is 48.1 Å². The van der Waals surface area contributed by atoms with Crippen molar-refractivity contribution in [1.29, 1.82) is 0 Å². The molecule has 40 heavy (non-hydrogen) atoms. The lowest BCUT2D eigenvalue weighted by Crippen LogP contribution is -2.51. The number of nitrogens with zero attached hydrogens (tertiary/aromatic N) is 3. The smallest absolute Gasteiger partial charge is 0.338 e. The lowest BCUT2D eigenvalue weighted by Gasteiger charge is -2.37. The van der Waals surface area contributed by atoms with Crippen molar-refractivity contribution in [3.05, 3.63) is 61.7 Å². The largest absolute Gasteiger partial charge is 0.463 e. The Morgan fingerprint density at radius 2 is 2.10 bits per heavy atom. The Morgan fingerprint density at radius 3 is 2.77 bits per heavy atom. The van der Waals surface area contributed by atoms with Crippen molar-refractivity contribution in [2.24, 2.45) is 16.6 Å². The fourth-order valence-electron chi connectivity index (χ4n) is 4.37. The van der Waals surface area contributed by atoms with Gasteiger partial charge in [0.05, 0.1) is 31.4 Å². The van der Waals surface area contributed by atoms with Crippen LogP contribution in [0.5, 0.6) is 0 Å². The first-order valence-electron chi connectivity index (χ1n) is 13.0. The van der Waals surface area contributed by atoms with E-state index in [9.17, 15) is 9.59 Å². The number of carbonyl (C=O) groups excluding carboxylic acids is 2. The lowest BCUT2D eigenvalue weighted by molar-refractivity contribution is -0.150. The molecule has 216 valence electrons. The maximum atomic E-state index is 13.4. The minimum absolute atomic E-state index is 0.0462. The van der Waals surface area contributed by atoms with Gasteiger partial charge in [-0.25, -0.2) is 9.78 Å². The predicted octanol–water partition coefficient (Wildman–Crippen LogP) is 3.59. The van der Waals surface area contributed by atoms with E-state index in [0.717, 1.165) is 0 Å². The van der Waals surface area contributed by atoms with E-state index in [2.05, 4.69) is 15.2 Å². The van der Waals surface area contributed by atoms with Gasteiger partial charge in [0, 0.05) is 46.0 Å². The van der Waals surface area contributed by atoms with Crippen LogP contribution >= 0.6 is 34.5 Å². The molecule has 3 N–H and O–H groups in total. The van der Waals surface area contributed by atoms with Crippen LogP contribution in [0.25, 0.3) is 0 Å². The molecule has 3 atom stereocenters. The van der Waals surface area contributed by atoms with Crippen LogP contribution in [0, 0.1) is 5.92 Å². The number of hydrogen-bond acceptors (Lipinski definition) is 11. The number of hydrogen-bond donors (Lipinski definition) is 2. The highest BCUT2D eigenvalue weighted by molar-refractivity contribution is 7.11. The normalized spacial score (nSPS) is 20.6. The molecule has 2 aliphatic rings. The highest BCUT2D eigenvalue weighted by atomic mass is 35.5. The number of carbonyl (C=O) groups is 2. The number of rotatable bonds is 10. The van der Waals surface area contributed by atoms with Crippen LogP contribution in [0.2, 0.25) is 10.0 Å². The highest BCUT2D eigenvalue weighted by Gasteiger charge is 2.36. The third-order valence-electron chi connectivity index (χ3n) is 6.63. The van der Waals surface area contributed by atoms with Crippen LogP contribution in [-0.2, 0) is 23.8 Å². The molecule has 0 amide bonds. The fraction of sp³-hybridized carbons (Fsp3) is 0.481. The molecule has 0 saturated carbocycles. The van der Waals surface area contributed by atoms with Crippen molar-refractivity contribution in [3.8, 4) is 0 Å². The number of amidine groups is 1. The van der Waals surface area contributed by atoms with Crippen molar-refractivity contribution in [3.63, 3.8) is 0 Å². The zero-order chi connectivity index (χ0) is 28.8. The number of benzene rings is 1. The van der Waals surface area contributed by atoms with Gasteiger partial charge in [0.2, 0.25) is 0 Å². The minimum atomic E-state index is -0.764. The van der Waals surface area contributed by atoms with E-state index < -0.39 is 24.0 Å². The standard InChI is InChI=1S/C27H33Cl2N5O5S/c1-4-38-26(35)21-20(12-34-8-9-37-13-17(34)14-39-27(36)22(30)15(2)3)32-24(25-31-7-10-40-25)33-23(21)18-6-5-16(28)11-19(18)29/h5-7,10-11,15,17,22-23H,4,8-9,12-14,30H2,1-3H3,(H,32,33)/t17?,22-,23?/m0/s1. The lowest BCUT2D eigenvalue weighted by atomic mass is 9.95. The molecule has 1 fully saturated rings. The van der Waals surface area contributed by atoms with Gasteiger partial charge in [0.15, 0.2) is 10.8 Å². The number of halogens is 2. The Labute approximate surface area is 247 Å². The summed E-state index contributed by atoms with van der Waals surface area (Å²) in [5.74, 6) is -0.510. The van der Waals surface area contributed by atoms with Crippen molar-refractivity contribution in [1.82, 2.24) is 15.2 Å². The molecule has 1 aromatic carbocycles. The molecule has 4 rings (SSSR count). The number of nitrogens with two attached hydrogens (primary N) is 1. The van der Waals surface area contributed by atoms with Crippen LogP contribution in [0.15, 0.2) is 46.0 Å². The summed E-state index contributed by atoms with van der Waals surface area (Å²) >= 11 is 14.2. The zero-order valence-corrected chi connectivity index (χ0v) is 24.9. The summed E-state index contributed by atoms with van der Waals surface area (Å²) in [6.07, 6.45) is 1.69. The first-order valence-corrected chi connectivity index (χ1v) is 14.7. The number of nitrogens with one attached hydrogen (secondary N) is 1. The second-order valence-corrected chi connectivity index (χ2v) is 11.5. The molecule has 10 nitrogen and oxygen atoms in total. The number of aromatic nitrogens is 1. The second-order valence-electron chi connectivity index (χ2n) is 9.72. The molecular formula is C27H33Cl2N5O5S. The summed E-state index contributed by atoms with van der Waals surface area (Å²) in [5.41, 5.74) is 7.50. The third-order valence-corrected chi connectivity index (χ3v) is 7.97. The van der Waals surface area contributed by atoms with Gasteiger partial charge in [-0.05, 0) is 25.0 Å². The van der Waals surface area contributed by atoms with Crippen LogP contribution in [-0.4, -0.2) is 79.3 Å². The van der Waals surface area contributed by atoms with Gasteiger partial charge in [-0.1, -0.05) is 43.1 Å². The zero-order valence-electron chi connectivity index (χ0n) is 22.6. The molecule has 2 aliphatic heterocycles. The third kappa shape index (κ3) is 7.20. The van der Waals surface area contributed by atoms with Crippen LogP contribution in [0.4, 0.5) is 0 Å². The molecule has 1 saturated heterocycles. The summed E-state index contributed by atoms with van der Waals surface area (Å²) in [6, 6.07) is 3.36. The van der Waals surface area contributed by atoms with Crippen molar-refractivity contribution < 1.29 is 23.8 Å². The first kappa shape index (κ1) is 30.4. The molecule has 0 bridgehead atoms. The van der Waals surface area contributed by atoms with E-state index >= 15 is 0 Å². The van der Waals surface area contributed by atoms with Gasteiger partial charge in [0.1, 0.15) is 18.7 Å². The van der Waals surface area contributed by atoms with Gasteiger partial charge < -0.3 is 25.3 Å².